The number of hydrogen-bond acceptors (Lipinski definition) is 3. The number of aromatic nitrogens is 3. The second-order valence-corrected chi connectivity index (χ2v) is 4.56. The molecule has 2 N–H and O–H groups in total. The van der Waals surface area contributed by atoms with Crippen LogP contribution in [0.25, 0.3) is 17.6 Å². The van der Waals surface area contributed by atoms with Gasteiger partial charge < -0.3 is 5.73 Å². The summed E-state index contributed by atoms with van der Waals surface area (Å²) in [5.74, 6) is -1.19. The minimum atomic E-state index is -4.97. The summed E-state index contributed by atoms with van der Waals surface area (Å²) in [6.07, 6.45) is -6.99. The highest BCUT2D eigenvalue weighted by Crippen LogP contribution is 2.37. The molecule has 0 aliphatic rings. The summed E-state index contributed by atoms with van der Waals surface area (Å²) in [5, 5.41) is 3.68. The summed E-state index contributed by atoms with van der Waals surface area (Å²) in [6, 6.07) is 1.02. The van der Waals surface area contributed by atoms with Crippen LogP contribution in [0.3, 0.4) is 0 Å². The predicted octanol–water partition coefficient (Wildman–Crippen LogP) is 2.94. The molecule has 0 aliphatic heterocycles. The SMILES string of the molecule is NC(=O)/C=C\n1cnc(-c2cc(C(F)(F)F)cc(C(F)(F)F)c2)n1. The first-order valence-corrected chi connectivity index (χ1v) is 6.15. The Hall–Kier alpha value is -2.85. The van der Waals surface area contributed by atoms with Crippen molar-refractivity contribution in [1.82, 2.24) is 14.8 Å². The maximum atomic E-state index is 12.8. The molecule has 1 amide bonds. The van der Waals surface area contributed by atoms with E-state index in [9.17, 15) is 31.1 Å². The summed E-state index contributed by atoms with van der Waals surface area (Å²) in [4.78, 5) is 14.2. The van der Waals surface area contributed by atoms with Gasteiger partial charge in [0.1, 0.15) is 6.33 Å². The third-order valence-corrected chi connectivity index (χ3v) is 2.75. The summed E-state index contributed by atoms with van der Waals surface area (Å²) in [7, 11) is 0. The van der Waals surface area contributed by atoms with Gasteiger partial charge in [0, 0.05) is 17.8 Å². The van der Waals surface area contributed by atoms with Crippen molar-refractivity contribution in [2.75, 3.05) is 0 Å². The van der Waals surface area contributed by atoms with Crippen LogP contribution >= 0.6 is 0 Å². The van der Waals surface area contributed by atoms with Crippen LogP contribution < -0.4 is 5.73 Å². The number of primary amides is 1. The fraction of sp³-hybridized carbons (Fsp3) is 0.154. The normalized spacial score (nSPS) is 12.8. The Balaban J connectivity index is 2.52. The summed E-state index contributed by atoms with van der Waals surface area (Å²) < 4.78 is 77.7. The molecule has 2 aromatic rings. The topological polar surface area (TPSA) is 73.8 Å². The molecule has 0 aliphatic carbocycles. The number of rotatable bonds is 3. The lowest BCUT2D eigenvalue weighted by atomic mass is 10.0. The molecule has 1 aromatic carbocycles. The number of benzene rings is 1. The van der Waals surface area contributed by atoms with Crippen molar-refractivity contribution < 1.29 is 31.1 Å². The van der Waals surface area contributed by atoms with E-state index in [0.717, 1.165) is 23.3 Å². The van der Waals surface area contributed by atoms with Crippen LogP contribution in [0.5, 0.6) is 0 Å². The molecule has 5 nitrogen and oxygen atoms in total. The summed E-state index contributed by atoms with van der Waals surface area (Å²) in [6.45, 7) is 0. The number of nitrogens with two attached hydrogens (primary N) is 1. The minimum absolute atomic E-state index is 0.00743. The molecule has 1 heterocycles. The first-order chi connectivity index (χ1) is 11.0. The van der Waals surface area contributed by atoms with E-state index in [-0.39, 0.29) is 11.9 Å². The average Bonchev–Trinajstić information content (AvgIpc) is 2.91. The zero-order chi connectivity index (χ0) is 18.1. The highest BCUT2D eigenvalue weighted by atomic mass is 19.4. The van der Waals surface area contributed by atoms with Crippen molar-refractivity contribution in [3.63, 3.8) is 0 Å². The fourth-order valence-electron chi connectivity index (χ4n) is 1.71. The molecule has 0 saturated heterocycles. The van der Waals surface area contributed by atoms with E-state index in [1.54, 1.807) is 0 Å². The smallest absolute Gasteiger partial charge is 0.366 e. The molecule has 0 unspecified atom stereocenters. The van der Waals surface area contributed by atoms with E-state index in [1.807, 2.05) is 0 Å². The number of carbonyl (C=O) groups excluding carboxylic acids is 1. The number of nitrogens with zero attached hydrogens (tertiary/aromatic N) is 3. The van der Waals surface area contributed by atoms with Crippen LogP contribution in [-0.2, 0) is 17.1 Å². The van der Waals surface area contributed by atoms with Crippen LogP contribution in [0, 0.1) is 0 Å². The number of hydrogen-bond donors (Lipinski definition) is 1. The van der Waals surface area contributed by atoms with Gasteiger partial charge in [-0.2, -0.15) is 26.3 Å². The van der Waals surface area contributed by atoms with E-state index in [4.69, 9.17) is 5.73 Å². The van der Waals surface area contributed by atoms with Crippen LogP contribution in [0.1, 0.15) is 11.1 Å². The van der Waals surface area contributed by atoms with Crippen molar-refractivity contribution in [2.24, 2.45) is 5.73 Å². The van der Waals surface area contributed by atoms with Crippen LogP contribution in [0.15, 0.2) is 30.6 Å². The molecule has 0 saturated carbocycles. The molecule has 128 valence electrons. The monoisotopic (exact) mass is 350 g/mol. The molecule has 24 heavy (non-hydrogen) atoms. The first-order valence-electron chi connectivity index (χ1n) is 6.15. The Morgan fingerprint density at radius 2 is 1.58 bits per heavy atom. The highest BCUT2D eigenvalue weighted by Gasteiger charge is 2.37. The van der Waals surface area contributed by atoms with Crippen molar-refractivity contribution in [3.05, 3.63) is 41.7 Å². The Kier molecular flexibility index (Phi) is 4.36. The summed E-state index contributed by atoms with van der Waals surface area (Å²) >= 11 is 0. The molecular weight excluding hydrogens is 342 g/mol. The lowest BCUT2D eigenvalue weighted by Gasteiger charge is -2.13. The molecule has 2 rings (SSSR count). The predicted molar refractivity (Wildman–Crippen MR) is 70.0 cm³/mol. The second kappa shape index (κ2) is 5.98. The molecular formula is C13H8F6N4O. The maximum Gasteiger partial charge on any atom is 0.416 e. The van der Waals surface area contributed by atoms with Gasteiger partial charge in [0.25, 0.3) is 0 Å². The van der Waals surface area contributed by atoms with E-state index in [1.165, 1.54) is 0 Å². The molecule has 1 aromatic heterocycles. The molecule has 11 heteroatoms. The Morgan fingerprint density at radius 1 is 1.04 bits per heavy atom. The molecule has 0 fully saturated rings. The maximum absolute atomic E-state index is 12.8. The Morgan fingerprint density at radius 3 is 2.04 bits per heavy atom. The van der Waals surface area contributed by atoms with Crippen molar-refractivity contribution in [2.45, 2.75) is 12.4 Å². The minimum Gasteiger partial charge on any atom is -0.366 e. The van der Waals surface area contributed by atoms with Crippen LogP contribution in [0.2, 0.25) is 0 Å². The van der Waals surface area contributed by atoms with Crippen molar-refractivity contribution >= 4 is 12.1 Å². The van der Waals surface area contributed by atoms with Crippen LogP contribution in [-0.4, -0.2) is 20.7 Å². The van der Waals surface area contributed by atoms with Gasteiger partial charge in [0.05, 0.1) is 11.1 Å². The second-order valence-electron chi connectivity index (χ2n) is 4.56. The van der Waals surface area contributed by atoms with E-state index in [2.05, 4.69) is 10.1 Å². The number of halogens is 6. The lowest BCUT2D eigenvalue weighted by Crippen LogP contribution is -2.11. The van der Waals surface area contributed by atoms with Gasteiger partial charge >= 0.3 is 12.4 Å². The zero-order valence-electron chi connectivity index (χ0n) is 11.6. The lowest BCUT2D eigenvalue weighted by molar-refractivity contribution is -0.143. The zero-order valence-corrected chi connectivity index (χ0v) is 11.6. The standard InChI is InChI=1S/C13H8F6N4O/c14-12(15,16)8-3-7(4-9(5-8)13(17,18)19)11-21-6-23(22-11)2-1-10(20)24/h1-6H,(H2,20,24)/b2-1-. The van der Waals surface area contributed by atoms with Gasteiger partial charge in [-0.15, -0.1) is 5.10 Å². The van der Waals surface area contributed by atoms with E-state index >= 15 is 0 Å². The third kappa shape index (κ3) is 4.12. The molecule has 0 radical (unpaired) electrons. The van der Waals surface area contributed by atoms with E-state index in [0.29, 0.717) is 12.1 Å². The van der Waals surface area contributed by atoms with E-state index < -0.39 is 35.0 Å². The highest BCUT2D eigenvalue weighted by molar-refractivity contribution is 5.88. The fourth-order valence-corrected chi connectivity index (χ4v) is 1.71. The largest absolute Gasteiger partial charge is 0.416 e. The Bertz CT molecular complexity index is 758. The Labute approximate surface area is 130 Å². The van der Waals surface area contributed by atoms with Crippen LogP contribution in [0.4, 0.5) is 26.3 Å². The number of amides is 1. The summed E-state index contributed by atoms with van der Waals surface area (Å²) in [5.41, 5.74) is 1.44. The number of alkyl halides is 6. The van der Waals surface area contributed by atoms with Crippen molar-refractivity contribution in [1.29, 1.82) is 0 Å². The molecule has 0 spiro atoms. The average molecular weight is 350 g/mol. The van der Waals surface area contributed by atoms with Crippen molar-refractivity contribution in [3.8, 4) is 11.4 Å². The number of carbonyl (C=O) groups is 1. The third-order valence-electron chi connectivity index (χ3n) is 2.75. The van der Waals surface area contributed by atoms with Gasteiger partial charge in [-0.25, -0.2) is 9.67 Å². The first kappa shape index (κ1) is 17.5. The quantitative estimate of drug-likeness (QED) is 0.683. The van der Waals surface area contributed by atoms with Gasteiger partial charge in [0.15, 0.2) is 5.82 Å². The van der Waals surface area contributed by atoms with Gasteiger partial charge in [-0.3, -0.25) is 4.79 Å². The van der Waals surface area contributed by atoms with Gasteiger partial charge in [0.2, 0.25) is 5.91 Å². The molecule has 0 atom stereocenters. The molecule has 0 bridgehead atoms. The van der Waals surface area contributed by atoms with Gasteiger partial charge in [-0.05, 0) is 18.2 Å². The van der Waals surface area contributed by atoms with Gasteiger partial charge in [-0.1, -0.05) is 0 Å².